The SMILES string of the molecule is CCNC(=NCCOc1cccc(NC(C)=O)c1)NC(C)c1ccc(C)c(F)c1. The Bertz CT molecular complexity index is 854. The molecule has 0 heterocycles. The van der Waals surface area contributed by atoms with Crippen molar-refractivity contribution in [2.24, 2.45) is 4.99 Å². The van der Waals surface area contributed by atoms with E-state index in [1.54, 1.807) is 31.2 Å². The number of hydrogen-bond acceptors (Lipinski definition) is 3. The molecule has 2 aromatic carbocycles. The molecule has 0 radical (unpaired) electrons. The molecular weight excluding hydrogens is 371 g/mol. The fourth-order valence-electron chi connectivity index (χ4n) is 2.67. The molecule has 0 aliphatic rings. The van der Waals surface area contributed by atoms with E-state index in [2.05, 4.69) is 20.9 Å². The molecule has 2 aromatic rings. The number of amides is 1. The van der Waals surface area contributed by atoms with E-state index in [1.807, 2.05) is 32.0 Å². The van der Waals surface area contributed by atoms with Crippen LogP contribution in [-0.2, 0) is 4.79 Å². The van der Waals surface area contributed by atoms with Gasteiger partial charge in [0.2, 0.25) is 5.91 Å². The number of carbonyl (C=O) groups excluding carboxylic acids is 1. The minimum Gasteiger partial charge on any atom is -0.492 e. The van der Waals surface area contributed by atoms with Crippen molar-refractivity contribution in [3.63, 3.8) is 0 Å². The maximum absolute atomic E-state index is 13.8. The van der Waals surface area contributed by atoms with E-state index in [0.717, 1.165) is 5.56 Å². The van der Waals surface area contributed by atoms with E-state index in [9.17, 15) is 9.18 Å². The fourth-order valence-corrected chi connectivity index (χ4v) is 2.67. The van der Waals surface area contributed by atoms with Gasteiger partial charge in [0.1, 0.15) is 18.2 Å². The number of benzene rings is 2. The molecule has 0 aliphatic heterocycles. The van der Waals surface area contributed by atoms with Crippen molar-refractivity contribution in [2.75, 3.05) is 25.0 Å². The molecule has 29 heavy (non-hydrogen) atoms. The Balaban J connectivity index is 1.91. The van der Waals surface area contributed by atoms with E-state index in [4.69, 9.17) is 4.74 Å². The molecule has 0 aliphatic carbocycles. The van der Waals surface area contributed by atoms with Crippen molar-refractivity contribution < 1.29 is 13.9 Å². The third-order valence-corrected chi connectivity index (χ3v) is 4.18. The molecule has 7 heteroatoms. The maximum atomic E-state index is 13.8. The molecule has 0 bridgehead atoms. The Labute approximate surface area is 171 Å². The van der Waals surface area contributed by atoms with E-state index in [-0.39, 0.29) is 17.8 Å². The molecule has 6 nitrogen and oxygen atoms in total. The molecule has 156 valence electrons. The average molecular weight is 400 g/mol. The lowest BCUT2D eigenvalue weighted by molar-refractivity contribution is -0.114. The minimum absolute atomic E-state index is 0.0989. The van der Waals surface area contributed by atoms with Gasteiger partial charge >= 0.3 is 0 Å². The van der Waals surface area contributed by atoms with Gasteiger partial charge in [-0.2, -0.15) is 0 Å². The van der Waals surface area contributed by atoms with Crippen molar-refractivity contribution in [1.82, 2.24) is 10.6 Å². The van der Waals surface area contributed by atoms with Gasteiger partial charge in [-0.1, -0.05) is 18.2 Å². The largest absolute Gasteiger partial charge is 0.492 e. The number of ether oxygens (including phenoxy) is 1. The van der Waals surface area contributed by atoms with Crippen LogP contribution in [0.3, 0.4) is 0 Å². The fraction of sp³-hybridized carbons (Fsp3) is 0.364. The number of carbonyl (C=O) groups is 1. The second-order valence-corrected chi connectivity index (χ2v) is 6.69. The Hall–Kier alpha value is -3.09. The highest BCUT2D eigenvalue weighted by Gasteiger charge is 2.09. The minimum atomic E-state index is -0.215. The summed E-state index contributed by atoms with van der Waals surface area (Å²) in [7, 11) is 0. The second kappa shape index (κ2) is 11.0. The van der Waals surface area contributed by atoms with Crippen LogP contribution in [0.5, 0.6) is 5.75 Å². The van der Waals surface area contributed by atoms with Crippen LogP contribution in [-0.4, -0.2) is 31.6 Å². The summed E-state index contributed by atoms with van der Waals surface area (Å²) >= 11 is 0. The lowest BCUT2D eigenvalue weighted by Crippen LogP contribution is -2.39. The molecule has 0 saturated heterocycles. The average Bonchev–Trinajstić information content (AvgIpc) is 2.67. The molecule has 3 N–H and O–H groups in total. The van der Waals surface area contributed by atoms with Crippen LogP contribution < -0.4 is 20.7 Å². The number of aryl methyl sites for hydroxylation is 1. The lowest BCUT2D eigenvalue weighted by atomic mass is 10.1. The van der Waals surface area contributed by atoms with Crippen LogP contribution in [0.15, 0.2) is 47.5 Å². The molecule has 1 unspecified atom stereocenters. The Morgan fingerprint density at radius 2 is 2.03 bits per heavy atom. The first-order valence-corrected chi connectivity index (χ1v) is 9.70. The first-order chi connectivity index (χ1) is 13.9. The number of halogens is 1. The second-order valence-electron chi connectivity index (χ2n) is 6.69. The summed E-state index contributed by atoms with van der Waals surface area (Å²) in [4.78, 5) is 15.7. The number of rotatable bonds is 8. The summed E-state index contributed by atoms with van der Waals surface area (Å²) in [5.41, 5.74) is 2.17. The zero-order valence-corrected chi connectivity index (χ0v) is 17.4. The topological polar surface area (TPSA) is 74.8 Å². The third-order valence-electron chi connectivity index (χ3n) is 4.18. The van der Waals surface area contributed by atoms with Gasteiger partial charge in [-0.15, -0.1) is 0 Å². The van der Waals surface area contributed by atoms with Crippen LogP contribution in [0.4, 0.5) is 10.1 Å². The normalized spacial score (nSPS) is 12.2. The molecule has 0 aromatic heterocycles. The first-order valence-electron chi connectivity index (χ1n) is 9.70. The van der Waals surface area contributed by atoms with E-state index < -0.39 is 0 Å². The van der Waals surface area contributed by atoms with Crippen LogP contribution >= 0.6 is 0 Å². The van der Waals surface area contributed by atoms with Gasteiger partial charge in [0.25, 0.3) is 0 Å². The predicted molar refractivity (Wildman–Crippen MR) is 115 cm³/mol. The van der Waals surface area contributed by atoms with Crippen molar-refractivity contribution in [2.45, 2.75) is 33.7 Å². The van der Waals surface area contributed by atoms with Crippen molar-refractivity contribution in [3.8, 4) is 5.75 Å². The highest BCUT2D eigenvalue weighted by atomic mass is 19.1. The summed E-state index contributed by atoms with van der Waals surface area (Å²) in [5, 5.41) is 9.18. The van der Waals surface area contributed by atoms with Crippen LogP contribution in [0.2, 0.25) is 0 Å². The summed E-state index contributed by atoms with van der Waals surface area (Å²) in [6.45, 7) is 8.68. The number of nitrogens with one attached hydrogen (secondary N) is 3. The number of nitrogens with zero attached hydrogens (tertiary/aromatic N) is 1. The van der Waals surface area contributed by atoms with E-state index >= 15 is 0 Å². The van der Waals surface area contributed by atoms with Gasteiger partial charge in [-0.3, -0.25) is 4.79 Å². The molecule has 2 rings (SSSR count). The molecule has 0 spiro atoms. The van der Waals surface area contributed by atoms with E-state index in [1.165, 1.54) is 6.92 Å². The Morgan fingerprint density at radius 1 is 1.24 bits per heavy atom. The van der Waals surface area contributed by atoms with Gasteiger partial charge < -0.3 is 20.7 Å². The molecule has 0 fully saturated rings. The zero-order chi connectivity index (χ0) is 21.2. The lowest BCUT2D eigenvalue weighted by Gasteiger charge is -2.18. The quantitative estimate of drug-likeness (QED) is 0.358. The Morgan fingerprint density at radius 3 is 2.72 bits per heavy atom. The summed E-state index contributed by atoms with van der Waals surface area (Å²) in [5.74, 6) is 0.952. The van der Waals surface area contributed by atoms with Crippen molar-refractivity contribution >= 4 is 17.6 Å². The van der Waals surface area contributed by atoms with Gasteiger partial charge in [0.15, 0.2) is 5.96 Å². The van der Waals surface area contributed by atoms with Gasteiger partial charge in [-0.25, -0.2) is 9.38 Å². The molecule has 1 amide bonds. The zero-order valence-electron chi connectivity index (χ0n) is 17.4. The maximum Gasteiger partial charge on any atom is 0.221 e. The number of guanidine groups is 1. The van der Waals surface area contributed by atoms with Crippen LogP contribution in [0, 0.1) is 12.7 Å². The highest BCUT2D eigenvalue weighted by molar-refractivity contribution is 5.88. The first kappa shape index (κ1) is 22.2. The smallest absolute Gasteiger partial charge is 0.221 e. The monoisotopic (exact) mass is 400 g/mol. The summed E-state index contributed by atoms with van der Waals surface area (Å²) in [6, 6.07) is 12.3. The van der Waals surface area contributed by atoms with Crippen molar-refractivity contribution in [3.05, 3.63) is 59.4 Å². The summed E-state index contributed by atoms with van der Waals surface area (Å²) in [6.07, 6.45) is 0. The predicted octanol–water partition coefficient (Wildman–Crippen LogP) is 3.79. The van der Waals surface area contributed by atoms with Crippen LogP contribution in [0.1, 0.15) is 37.9 Å². The van der Waals surface area contributed by atoms with Gasteiger partial charge in [-0.05, 0) is 50.1 Å². The van der Waals surface area contributed by atoms with Gasteiger partial charge in [0, 0.05) is 25.2 Å². The van der Waals surface area contributed by atoms with E-state index in [0.29, 0.717) is 42.7 Å². The van der Waals surface area contributed by atoms with Crippen molar-refractivity contribution in [1.29, 1.82) is 0 Å². The third kappa shape index (κ3) is 7.44. The molecule has 0 saturated carbocycles. The van der Waals surface area contributed by atoms with Gasteiger partial charge in [0.05, 0.1) is 12.6 Å². The summed E-state index contributed by atoms with van der Waals surface area (Å²) < 4.78 is 19.5. The molecular formula is C22H29FN4O2. The standard InChI is InChI=1S/C22H29FN4O2/c1-5-24-22(26-16(3)18-10-9-15(2)21(23)13-18)25-11-12-29-20-8-6-7-19(14-20)27-17(4)28/h6-10,13-14,16H,5,11-12H2,1-4H3,(H,27,28)(H2,24,25,26). The molecule has 1 atom stereocenters. The number of anilines is 1. The number of aliphatic imine (C=N–C) groups is 1. The van der Waals surface area contributed by atoms with Crippen LogP contribution in [0.25, 0.3) is 0 Å². The highest BCUT2D eigenvalue weighted by Crippen LogP contribution is 2.17. The Kier molecular flexibility index (Phi) is 8.45. The number of hydrogen-bond donors (Lipinski definition) is 3.